The Morgan fingerprint density at radius 1 is 0.966 bits per heavy atom. The van der Waals surface area contributed by atoms with Crippen LogP contribution in [-0.4, -0.2) is 0 Å². The molecule has 0 radical (unpaired) electrons. The van der Waals surface area contributed by atoms with Crippen LogP contribution in [-0.2, 0) is 0 Å². The van der Waals surface area contributed by atoms with Gasteiger partial charge in [0.1, 0.15) is 0 Å². The molecule has 2 saturated carbocycles. The third-order valence-corrected chi connectivity index (χ3v) is 8.80. The molecule has 0 amide bonds. The van der Waals surface area contributed by atoms with Crippen molar-refractivity contribution < 1.29 is 0 Å². The average molecular weight is 399 g/mol. The molecule has 0 heteroatoms. The van der Waals surface area contributed by atoms with Crippen LogP contribution >= 0.6 is 0 Å². The van der Waals surface area contributed by atoms with E-state index in [0.29, 0.717) is 10.8 Å². The van der Waals surface area contributed by atoms with Gasteiger partial charge in [0.15, 0.2) is 0 Å². The van der Waals surface area contributed by atoms with Gasteiger partial charge in [-0.1, -0.05) is 78.2 Å². The fraction of sp³-hybridized carbons (Fsp3) is 0.793. The monoisotopic (exact) mass is 398 g/mol. The van der Waals surface area contributed by atoms with Crippen LogP contribution in [0.15, 0.2) is 23.3 Å². The molecular formula is C29H50. The second kappa shape index (κ2) is 11.4. The SMILES string of the molecule is C#C.CC.CC.CCC1CCC2C3CC=C4C=C(C)CCC(C)(C4)C3CCC12C. The number of hydrogen-bond donors (Lipinski definition) is 0. The van der Waals surface area contributed by atoms with E-state index in [4.69, 9.17) is 0 Å². The van der Waals surface area contributed by atoms with Gasteiger partial charge in [0.2, 0.25) is 0 Å². The van der Waals surface area contributed by atoms with E-state index in [1.54, 1.807) is 11.1 Å². The van der Waals surface area contributed by atoms with Crippen LogP contribution in [0.25, 0.3) is 0 Å². The van der Waals surface area contributed by atoms with Crippen LogP contribution in [0, 0.1) is 47.3 Å². The first-order chi connectivity index (χ1) is 14.0. The summed E-state index contributed by atoms with van der Waals surface area (Å²) in [7, 11) is 0. The molecule has 4 aliphatic carbocycles. The molecule has 0 aromatic rings. The number of rotatable bonds is 1. The van der Waals surface area contributed by atoms with Gasteiger partial charge in [-0.3, -0.25) is 0 Å². The number of hydrogen-bond acceptors (Lipinski definition) is 0. The van der Waals surface area contributed by atoms with Crippen molar-refractivity contribution in [1.82, 2.24) is 0 Å². The topological polar surface area (TPSA) is 0 Å². The van der Waals surface area contributed by atoms with E-state index >= 15 is 0 Å². The van der Waals surface area contributed by atoms with Crippen LogP contribution in [0.1, 0.15) is 113 Å². The fourth-order valence-electron chi connectivity index (χ4n) is 7.47. The number of allylic oxidation sites excluding steroid dienone is 4. The minimum atomic E-state index is 0.562. The normalized spacial score (nSPS) is 39.7. The molecule has 0 saturated heterocycles. The molecule has 6 unspecified atom stereocenters. The molecule has 6 atom stereocenters. The summed E-state index contributed by atoms with van der Waals surface area (Å²) in [5.41, 5.74) is 4.51. The molecule has 4 aliphatic rings. The Bertz CT molecular complexity index is 576. The standard InChI is InChI=1S/C23H36.2C2H6.C2H2/c1-5-18-7-9-21-19-8-6-17-14-16(2)10-12-22(3,15-17)20(19)11-13-23(18,21)4;3*1-2/h6,14,18-21H,5,7-13,15H2,1-4H3;2*1-2H3;1-2H. The summed E-state index contributed by atoms with van der Waals surface area (Å²) in [6.07, 6.45) is 26.1. The molecule has 29 heavy (non-hydrogen) atoms. The van der Waals surface area contributed by atoms with E-state index in [-0.39, 0.29) is 0 Å². The predicted octanol–water partition coefficient (Wildman–Crippen LogP) is 9.22. The van der Waals surface area contributed by atoms with E-state index < -0.39 is 0 Å². The van der Waals surface area contributed by atoms with E-state index in [1.807, 2.05) is 27.7 Å². The molecule has 0 spiro atoms. The van der Waals surface area contributed by atoms with Crippen LogP contribution in [0.2, 0.25) is 0 Å². The Balaban J connectivity index is 0.000000644. The highest BCUT2D eigenvalue weighted by Gasteiger charge is 2.56. The highest BCUT2D eigenvalue weighted by atomic mass is 14.6. The summed E-state index contributed by atoms with van der Waals surface area (Å²) in [5, 5.41) is 0. The molecule has 4 rings (SSSR count). The molecule has 0 aromatic heterocycles. The van der Waals surface area contributed by atoms with Gasteiger partial charge in [-0.25, -0.2) is 0 Å². The first-order valence-corrected chi connectivity index (χ1v) is 12.7. The number of terminal acetylenes is 1. The summed E-state index contributed by atoms with van der Waals surface area (Å²) in [6, 6.07) is 0. The highest BCUT2D eigenvalue weighted by molar-refractivity contribution is 5.29. The van der Waals surface area contributed by atoms with Crippen molar-refractivity contribution in [2.75, 3.05) is 0 Å². The molecule has 0 heterocycles. The summed E-state index contributed by atoms with van der Waals surface area (Å²) in [4.78, 5) is 0. The zero-order chi connectivity index (χ0) is 22.2. The summed E-state index contributed by atoms with van der Waals surface area (Å²) in [5.74, 6) is 3.95. The molecule has 0 nitrogen and oxygen atoms in total. The van der Waals surface area contributed by atoms with Crippen molar-refractivity contribution in [2.45, 2.75) is 113 Å². The van der Waals surface area contributed by atoms with Gasteiger partial charge in [0.05, 0.1) is 0 Å². The lowest BCUT2D eigenvalue weighted by atomic mass is 9.52. The van der Waals surface area contributed by atoms with Crippen LogP contribution in [0.4, 0.5) is 0 Å². The van der Waals surface area contributed by atoms with E-state index in [0.717, 1.165) is 23.7 Å². The molecule has 2 fully saturated rings. The second-order valence-corrected chi connectivity index (χ2v) is 9.94. The Hall–Kier alpha value is -0.960. The molecule has 0 aromatic carbocycles. The average Bonchev–Trinajstić information content (AvgIpc) is 2.94. The van der Waals surface area contributed by atoms with Crippen molar-refractivity contribution >= 4 is 0 Å². The maximum Gasteiger partial charge on any atom is -0.0225 e. The van der Waals surface area contributed by atoms with Crippen molar-refractivity contribution in [1.29, 1.82) is 0 Å². The third-order valence-electron chi connectivity index (χ3n) is 8.80. The zero-order valence-corrected chi connectivity index (χ0v) is 21.0. The predicted molar refractivity (Wildman–Crippen MR) is 132 cm³/mol. The van der Waals surface area contributed by atoms with Gasteiger partial charge >= 0.3 is 0 Å². The molecular weight excluding hydrogens is 348 g/mol. The maximum absolute atomic E-state index is 4.00. The van der Waals surface area contributed by atoms with Gasteiger partial charge in [-0.15, -0.1) is 12.8 Å². The first kappa shape index (κ1) is 26.1. The Kier molecular flexibility index (Phi) is 10.3. The van der Waals surface area contributed by atoms with Crippen LogP contribution < -0.4 is 0 Å². The second-order valence-electron chi connectivity index (χ2n) is 9.94. The van der Waals surface area contributed by atoms with Crippen molar-refractivity contribution in [2.24, 2.45) is 34.5 Å². The smallest absolute Gasteiger partial charge is 0.0225 e. The lowest BCUT2D eigenvalue weighted by Crippen LogP contribution is -2.45. The Morgan fingerprint density at radius 2 is 1.62 bits per heavy atom. The zero-order valence-electron chi connectivity index (χ0n) is 21.0. The summed E-state index contributed by atoms with van der Waals surface area (Å²) >= 11 is 0. The van der Waals surface area contributed by atoms with Crippen molar-refractivity contribution in [3.05, 3.63) is 23.3 Å². The minimum absolute atomic E-state index is 0.562. The van der Waals surface area contributed by atoms with Gasteiger partial charge in [-0.05, 0) is 92.8 Å². The molecule has 2 bridgehead atoms. The molecule has 166 valence electrons. The van der Waals surface area contributed by atoms with Crippen molar-refractivity contribution in [3.8, 4) is 12.8 Å². The van der Waals surface area contributed by atoms with Gasteiger partial charge in [0, 0.05) is 0 Å². The van der Waals surface area contributed by atoms with E-state index in [2.05, 4.69) is 52.7 Å². The largest absolute Gasteiger partial charge is 0.124 e. The Morgan fingerprint density at radius 3 is 2.24 bits per heavy atom. The molecule has 0 N–H and O–H groups in total. The Labute approximate surface area is 184 Å². The summed E-state index contributed by atoms with van der Waals surface area (Å²) < 4.78 is 0. The summed E-state index contributed by atoms with van der Waals surface area (Å²) in [6.45, 7) is 18.1. The maximum atomic E-state index is 4.00. The quantitative estimate of drug-likeness (QED) is 0.386. The minimum Gasteiger partial charge on any atom is -0.124 e. The van der Waals surface area contributed by atoms with Gasteiger partial charge in [0.25, 0.3) is 0 Å². The third kappa shape index (κ3) is 5.03. The van der Waals surface area contributed by atoms with E-state index in [9.17, 15) is 0 Å². The first-order valence-electron chi connectivity index (χ1n) is 12.7. The van der Waals surface area contributed by atoms with Crippen LogP contribution in [0.5, 0.6) is 0 Å². The lowest BCUT2D eigenvalue weighted by Gasteiger charge is -2.53. The fourth-order valence-corrected chi connectivity index (χ4v) is 7.47. The van der Waals surface area contributed by atoms with E-state index in [1.165, 1.54) is 57.8 Å². The molecule has 0 aliphatic heterocycles. The van der Waals surface area contributed by atoms with Crippen molar-refractivity contribution in [3.63, 3.8) is 0 Å². The van der Waals surface area contributed by atoms with Gasteiger partial charge < -0.3 is 0 Å². The number of fused-ring (bicyclic) bond motifs is 6. The lowest BCUT2D eigenvalue weighted by molar-refractivity contribution is -0.0380. The highest BCUT2D eigenvalue weighted by Crippen LogP contribution is 2.65. The van der Waals surface area contributed by atoms with Gasteiger partial charge in [-0.2, -0.15) is 0 Å². The van der Waals surface area contributed by atoms with Crippen LogP contribution in [0.3, 0.4) is 0 Å².